The lowest BCUT2D eigenvalue weighted by atomic mass is 10.0. The summed E-state index contributed by atoms with van der Waals surface area (Å²) in [7, 11) is 1.70. The van der Waals surface area contributed by atoms with E-state index >= 15 is 0 Å². The van der Waals surface area contributed by atoms with Crippen LogP contribution in [0, 0.1) is 6.92 Å². The van der Waals surface area contributed by atoms with Gasteiger partial charge < -0.3 is 10.1 Å². The highest BCUT2D eigenvalue weighted by Gasteiger charge is 2.21. The molecule has 3 aromatic rings. The van der Waals surface area contributed by atoms with Crippen LogP contribution >= 0.6 is 0 Å². The van der Waals surface area contributed by atoms with Gasteiger partial charge >= 0.3 is 0 Å². The fourth-order valence-electron chi connectivity index (χ4n) is 3.38. The molecular weight excluding hydrogens is 310 g/mol. The molecule has 0 bridgehead atoms. The van der Waals surface area contributed by atoms with Gasteiger partial charge in [-0.25, -0.2) is 4.68 Å². The summed E-state index contributed by atoms with van der Waals surface area (Å²) in [5, 5.41) is 8.57. The van der Waals surface area contributed by atoms with Gasteiger partial charge in [-0.3, -0.25) is 0 Å². The molecule has 0 atom stereocenters. The molecule has 1 N–H and O–H groups in total. The number of benzene rings is 2. The van der Waals surface area contributed by atoms with E-state index in [1.54, 1.807) is 7.11 Å². The zero-order valence-electron chi connectivity index (χ0n) is 14.7. The molecule has 128 valence electrons. The summed E-state index contributed by atoms with van der Waals surface area (Å²) in [6.45, 7) is 3.09. The molecule has 4 rings (SSSR count). The van der Waals surface area contributed by atoms with Crippen LogP contribution in [0.25, 0.3) is 16.9 Å². The van der Waals surface area contributed by atoms with Crippen molar-refractivity contribution in [3.8, 4) is 22.7 Å². The third kappa shape index (κ3) is 3.00. The summed E-state index contributed by atoms with van der Waals surface area (Å²) in [6.07, 6.45) is 3.40. The number of hydrogen-bond acceptors (Lipinski definition) is 3. The van der Waals surface area contributed by atoms with E-state index < -0.39 is 0 Å². The molecule has 2 heterocycles. The lowest BCUT2D eigenvalue weighted by molar-refractivity contribution is 0.415. The molecule has 0 aliphatic carbocycles. The summed E-state index contributed by atoms with van der Waals surface area (Å²) in [5.74, 6) is 1.98. The van der Waals surface area contributed by atoms with Crippen LogP contribution in [-0.2, 0) is 6.42 Å². The molecule has 0 saturated heterocycles. The second-order valence-electron chi connectivity index (χ2n) is 6.54. The zero-order chi connectivity index (χ0) is 17.2. The van der Waals surface area contributed by atoms with Crippen LogP contribution in [0.3, 0.4) is 0 Å². The van der Waals surface area contributed by atoms with Crippen molar-refractivity contribution in [2.24, 2.45) is 0 Å². The summed E-state index contributed by atoms with van der Waals surface area (Å²) in [5.41, 5.74) is 5.79. The monoisotopic (exact) mass is 333 g/mol. The fraction of sp³-hybridized carbons (Fsp3) is 0.286. The van der Waals surface area contributed by atoms with Crippen molar-refractivity contribution in [1.29, 1.82) is 0 Å². The topological polar surface area (TPSA) is 39.1 Å². The van der Waals surface area contributed by atoms with Gasteiger partial charge in [0.25, 0.3) is 0 Å². The highest BCUT2D eigenvalue weighted by molar-refractivity contribution is 5.72. The van der Waals surface area contributed by atoms with Crippen LogP contribution < -0.4 is 10.1 Å². The van der Waals surface area contributed by atoms with Crippen LogP contribution in [0.4, 0.5) is 5.82 Å². The van der Waals surface area contributed by atoms with Crippen molar-refractivity contribution < 1.29 is 4.74 Å². The van der Waals surface area contributed by atoms with Gasteiger partial charge in [0.05, 0.1) is 18.5 Å². The average molecular weight is 333 g/mol. The van der Waals surface area contributed by atoms with Crippen LogP contribution in [0.1, 0.15) is 24.0 Å². The number of fused-ring (bicyclic) bond motifs is 1. The van der Waals surface area contributed by atoms with E-state index in [0.29, 0.717) is 0 Å². The van der Waals surface area contributed by atoms with E-state index in [9.17, 15) is 0 Å². The molecule has 0 fully saturated rings. The normalized spacial score (nSPS) is 13.7. The van der Waals surface area contributed by atoms with E-state index in [2.05, 4.69) is 53.3 Å². The van der Waals surface area contributed by atoms with E-state index in [1.807, 2.05) is 12.1 Å². The minimum Gasteiger partial charge on any atom is -0.497 e. The summed E-state index contributed by atoms with van der Waals surface area (Å²) < 4.78 is 7.45. The van der Waals surface area contributed by atoms with Gasteiger partial charge in [0.15, 0.2) is 0 Å². The summed E-state index contributed by atoms with van der Waals surface area (Å²) in [6, 6.07) is 16.7. The molecule has 0 radical (unpaired) electrons. The first-order valence-corrected chi connectivity index (χ1v) is 8.83. The first-order chi connectivity index (χ1) is 12.3. The molecule has 0 saturated carbocycles. The Morgan fingerprint density at radius 2 is 1.92 bits per heavy atom. The Kier molecular flexibility index (Phi) is 4.18. The molecular formula is C21H23N3O. The minimum absolute atomic E-state index is 0.859. The Labute approximate surface area is 148 Å². The highest BCUT2D eigenvalue weighted by atomic mass is 16.5. The van der Waals surface area contributed by atoms with Crippen molar-refractivity contribution in [2.45, 2.75) is 26.2 Å². The molecule has 4 nitrogen and oxygen atoms in total. The Balaban J connectivity index is 1.88. The number of ether oxygens (including phenoxy) is 1. The van der Waals surface area contributed by atoms with Gasteiger partial charge in [0.1, 0.15) is 11.6 Å². The van der Waals surface area contributed by atoms with Gasteiger partial charge in [-0.1, -0.05) is 29.8 Å². The second-order valence-corrected chi connectivity index (χ2v) is 6.54. The molecule has 1 aliphatic rings. The molecule has 4 heteroatoms. The molecule has 1 aromatic heterocycles. The van der Waals surface area contributed by atoms with Gasteiger partial charge in [0, 0.05) is 17.7 Å². The van der Waals surface area contributed by atoms with Crippen LogP contribution in [-0.4, -0.2) is 23.4 Å². The van der Waals surface area contributed by atoms with E-state index in [0.717, 1.165) is 41.5 Å². The molecule has 0 unspecified atom stereocenters. The number of methoxy groups -OCH3 is 1. The minimum atomic E-state index is 0.859. The maximum absolute atomic E-state index is 5.40. The van der Waals surface area contributed by atoms with Gasteiger partial charge in [-0.05, 0) is 50.5 Å². The van der Waals surface area contributed by atoms with Gasteiger partial charge in [0.2, 0.25) is 0 Å². The lowest BCUT2D eigenvalue weighted by Crippen LogP contribution is -2.07. The predicted octanol–water partition coefficient (Wildman–Crippen LogP) is 4.60. The molecule has 2 aromatic carbocycles. The number of hydrogen-bond donors (Lipinski definition) is 1. The number of rotatable bonds is 3. The Morgan fingerprint density at radius 3 is 2.72 bits per heavy atom. The van der Waals surface area contributed by atoms with Crippen LogP contribution in [0.15, 0.2) is 48.5 Å². The average Bonchev–Trinajstić information content (AvgIpc) is 2.84. The summed E-state index contributed by atoms with van der Waals surface area (Å²) in [4.78, 5) is 0. The van der Waals surface area contributed by atoms with Crippen LogP contribution in [0.5, 0.6) is 5.75 Å². The Morgan fingerprint density at radius 1 is 1.08 bits per heavy atom. The highest BCUT2D eigenvalue weighted by Crippen LogP contribution is 2.35. The number of nitrogens with zero attached hydrogens (tertiary/aromatic N) is 2. The standard InChI is InChI=1S/C21H23N3O/c1-15-9-11-17(12-10-15)24-21-19(8-3-4-13-22-21)20(23-24)16-6-5-7-18(14-16)25-2/h5-7,9-12,14,22H,3-4,8,13H2,1-2H3. The van der Waals surface area contributed by atoms with Crippen molar-refractivity contribution in [1.82, 2.24) is 9.78 Å². The predicted molar refractivity (Wildman–Crippen MR) is 102 cm³/mol. The van der Waals surface area contributed by atoms with E-state index in [-0.39, 0.29) is 0 Å². The van der Waals surface area contributed by atoms with E-state index in [4.69, 9.17) is 9.84 Å². The molecule has 1 aliphatic heterocycles. The maximum Gasteiger partial charge on any atom is 0.133 e. The number of anilines is 1. The molecule has 0 spiro atoms. The largest absolute Gasteiger partial charge is 0.497 e. The number of aromatic nitrogens is 2. The third-order valence-corrected chi connectivity index (χ3v) is 4.75. The van der Waals surface area contributed by atoms with Crippen molar-refractivity contribution in [2.75, 3.05) is 19.0 Å². The van der Waals surface area contributed by atoms with Gasteiger partial charge in [-0.2, -0.15) is 5.10 Å². The first-order valence-electron chi connectivity index (χ1n) is 8.83. The lowest BCUT2D eigenvalue weighted by Gasteiger charge is -2.09. The quantitative estimate of drug-likeness (QED) is 0.761. The smallest absolute Gasteiger partial charge is 0.133 e. The van der Waals surface area contributed by atoms with Crippen LogP contribution in [0.2, 0.25) is 0 Å². The fourth-order valence-corrected chi connectivity index (χ4v) is 3.38. The first kappa shape index (κ1) is 15.8. The Bertz CT molecular complexity index is 881. The number of aryl methyl sites for hydroxylation is 1. The van der Waals surface area contributed by atoms with Crippen molar-refractivity contribution in [3.63, 3.8) is 0 Å². The van der Waals surface area contributed by atoms with E-state index in [1.165, 1.54) is 24.0 Å². The molecule has 0 amide bonds. The second kappa shape index (κ2) is 6.63. The Hall–Kier alpha value is -2.75. The van der Waals surface area contributed by atoms with Crippen molar-refractivity contribution >= 4 is 5.82 Å². The third-order valence-electron chi connectivity index (χ3n) is 4.75. The SMILES string of the molecule is COc1cccc(-c2nn(-c3ccc(C)cc3)c3c2CCCCN3)c1. The van der Waals surface area contributed by atoms with Crippen molar-refractivity contribution in [3.05, 3.63) is 59.7 Å². The van der Waals surface area contributed by atoms with Gasteiger partial charge in [-0.15, -0.1) is 0 Å². The molecule has 25 heavy (non-hydrogen) atoms. The maximum atomic E-state index is 5.40. The summed E-state index contributed by atoms with van der Waals surface area (Å²) >= 11 is 0. The number of nitrogens with one attached hydrogen (secondary N) is 1. The zero-order valence-corrected chi connectivity index (χ0v) is 14.7.